The van der Waals surface area contributed by atoms with E-state index < -0.39 is 12.0 Å². The fourth-order valence-corrected chi connectivity index (χ4v) is 2.61. The standard InChI is InChI=1S/C16H22N2O3/c1-11(2)14(15(19)20)17-16(21)18-9-5-8-12-6-3-4-7-13(12)10-18/h3-4,6-7,11,14H,5,8-10H2,1-2H3,(H,17,21)(H,19,20). The van der Waals surface area contributed by atoms with Crippen LogP contribution in [0.5, 0.6) is 0 Å². The molecule has 21 heavy (non-hydrogen) atoms. The summed E-state index contributed by atoms with van der Waals surface area (Å²) in [5, 5.41) is 11.8. The van der Waals surface area contributed by atoms with Gasteiger partial charge >= 0.3 is 12.0 Å². The van der Waals surface area contributed by atoms with Gasteiger partial charge in [-0.15, -0.1) is 0 Å². The second-order valence-electron chi connectivity index (χ2n) is 5.80. The fraction of sp³-hybridized carbons (Fsp3) is 0.500. The molecule has 0 saturated carbocycles. The van der Waals surface area contributed by atoms with Crippen molar-refractivity contribution in [1.82, 2.24) is 10.2 Å². The van der Waals surface area contributed by atoms with E-state index in [2.05, 4.69) is 11.4 Å². The third-order valence-electron chi connectivity index (χ3n) is 3.85. The van der Waals surface area contributed by atoms with E-state index in [-0.39, 0.29) is 11.9 Å². The molecule has 0 saturated heterocycles. The quantitative estimate of drug-likeness (QED) is 0.897. The monoisotopic (exact) mass is 290 g/mol. The van der Waals surface area contributed by atoms with Gasteiger partial charge in [-0.1, -0.05) is 38.1 Å². The molecule has 1 aliphatic rings. The Balaban J connectivity index is 2.08. The molecule has 1 aromatic rings. The van der Waals surface area contributed by atoms with E-state index in [0.29, 0.717) is 13.1 Å². The SMILES string of the molecule is CC(C)C(NC(=O)N1CCCc2ccccc2C1)C(=O)O. The van der Waals surface area contributed by atoms with Gasteiger partial charge in [0.2, 0.25) is 0 Å². The number of carboxylic acid groups (broad SMARTS) is 1. The fourth-order valence-electron chi connectivity index (χ4n) is 2.61. The number of hydrogen-bond donors (Lipinski definition) is 2. The van der Waals surface area contributed by atoms with E-state index >= 15 is 0 Å². The largest absolute Gasteiger partial charge is 0.480 e. The van der Waals surface area contributed by atoms with Gasteiger partial charge in [0, 0.05) is 13.1 Å². The Labute approximate surface area is 125 Å². The Morgan fingerprint density at radius 1 is 1.24 bits per heavy atom. The summed E-state index contributed by atoms with van der Waals surface area (Å²) in [6.07, 6.45) is 1.84. The number of urea groups is 1. The van der Waals surface area contributed by atoms with Crippen molar-refractivity contribution in [3.63, 3.8) is 0 Å². The van der Waals surface area contributed by atoms with Crippen LogP contribution < -0.4 is 5.32 Å². The number of aliphatic carboxylic acids is 1. The first-order valence-corrected chi connectivity index (χ1v) is 7.34. The second-order valence-corrected chi connectivity index (χ2v) is 5.80. The van der Waals surface area contributed by atoms with Crippen LogP contribution in [0.15, 0.2) is 24.3 Å². The molecule has 0 bridgehead atoms. The van der Waals surface area contributed by atoms with E-state index in [9.17, 15) is 14.7 Å². The van der Waals surface area contributed by atoms with E-state index in [0.717, 1.165) is 18.4 Å². The minimum atomic E-state index is -0.992. The molecule has 0 spiro atoms. The lowest BCUT2D eigenvalue weighted by molar-refractivity contribution is -0.140. The number of benzene rings is 1. The van der Waals surface area contributed by atoms with E-state index in [4.69, 9.17) is 0 Å². The summed E-state index contributed by atoms with van der Waals surface area (Å²) in [5.41, 5.74) is 2.41. The highest BCUT2D eigenvalue weighted by molar-refractivity contribution is 5.82. The molecule has 1 heterocycles. The zero-order chi connectivity index (χ0) is 15.4. The molecular weight excluding hydrogens is 268 g/mol. The van der Waals surface area contributed by atoms with Crippen LogP contribution in [0.3, 0.4) is 0 Å². The van der Waals surface area contributed by atoms with Gasteiger partial charge in [0.25, 0.3) is 0 Å². The first-order valence-electron chi connectivity index (χ1n) is 7.34. The highest BCUT2D eigenvalue weighted by Gasteiger charge is 2.26. The maximum Gasteiger partial charge on any atom is 0.326 e. The van der Waals surface area contributed by atoms with Gasteiger partial charge in [-0.3, -0.25) is 0 Å². The Morgan fingerprint density at radius 2 is 1.90 bits per heavy atom. The Bertz CT molecular complexity index is 528. The van der Waals surface area contributed by atoms with Gasteiger partial charge in [-0.05, 0) is 29.9 Å². The zero-order valence-corrected chi connectivity index (χ0v) is 12.5. The summed E-state index contributed by atoms with van der Waals surface area (Å²) in [6.45, 7) is 4.75. The van der Waals surface area contributed by atoms with Gasteiger partial charge in [0.1, 0.15) is 6.04 Å². The molecular formula is C16H22N2O3. The van der Waals surface area contributed by atoms with Crippen LogP contribution in [0.2, 0.25) is 0 Å². The van der Waals surface area contributed by atoms with Gasteiger partial charge in [-0.2, -0.15) is 0 Å². The van der Waals surface area contributed by atoms with Gasteiger partial charge < -0.3 is 15.3 Å². The number of hydrogen-bond acceptors (Lipinski definition) is 2. The van der Waals surface area contributed by atoms with Crippen molar-refractivity contribution in [2.45, 2.75) is 39.3 Å². The summed E-state index contributed by atoms with van der Waals surface area (Å²) in [7, 11) is 0. The molecule has 114 valence electrons. The lowest BCUT2D eigenvalue weighted by Gasteiger charge is -2.25. The molecule has 1 aromatic carbocycles. The topological polar surface area (TPSA) is 69.6 Å². The van der Waals surface area contributed by atoms with E-state index in [1.807, 2.05) is 18.2 Å². The van der Waals surface area contributed by atoms with Crippen LogP contribution in [-0.2, 0) is 17.8 Å². The molecule has 0 aliphatic carbocycles. The molecule has 0 aromatic heterocycles. The Kier molecular flexibility index (Phi) is 4.83. The van der Waals surface area contributed by atoms with Gasteiger partial charge in [-0.25, -0.2) is 9.59 Å². The number of carboxylic acids is 1. The van der Waals surface area contributed by atoms with E-state index in [1.54, 1.807) is 18.7 Å². The average Bonchev–Trinajstić information content (AvgIpc) is 2.65. The summed E-state index contributed by atoms with van der Waals surface area (Å²) in [5.74, 6) is -1.14. The number of rotatable bonds is 3. The number of carbonyl (C=O) groups excluding carboxylic acids is 1. The van der Waals surface area contributed by atoms with E-state index in [1.165, 1.54) is 5.56 Å². The smallest absolute Gasteiger partial charge is 0.326 e. The van der Waals surface area contributed by atoms with Crippen molar-refractivity contribution in [3.05, 3.63) is 35.4 Å². The molecule has 1 unspecified atom stereocenters. The number of amides is 2. The molecule has 2 rings (SSSR count). The van der Waals surface area contributed by atoms with Crippen molar-refractivity contribution in [2.75, 3.05) is 6.54 Å². The number of fused-ring (bicyclic) bond motifs is 1. The summed E-state index contributed by atoms with van der Waals surface area (Å²) >= 11 is 0. The van der Waals surface area contributed by atoms with Crippen molar-refractivity contribution in [1.29, 1.82) is 0 Å². The second kappa shape index (κ2) is 6.61. The summed E-state index contributed by atoms with van der Waals surface area (Å²) < 4.78 is 0. The first-order chi connectivity index (χ1) is 9.99. The normalized spacial score (nSPS) is 16.0. The number of nitrogens with one attached hydrogen (secondary N) is 1. The number of aryl methyl sites for hydroxylation is 1. The molecule has 5 heteroatoms. The highest BCUT2D eigenvalue weighted by atomic mass is 16.4. The van der Waals surface area contributed by atoms with Crippen LogP contribution in [-0.4, -0.2) is 34.6 Å². The maximum atomic E-state index is 12.3. The lowest BCUT2D eigenvalue weighted by Crippen LogP contribution is -2.50. The van der Waals surface area contributed by atoms with Crippen molar-refractivity contribution < 1.29 is 14.7 Å². The summed E-state index contributed by atoms with van der Waals surface area (Å²) in [4.78, 5) is 25.2. The Hall–Kier alpha value is -2.04. The summed E-state index contributed by atoms with van der Waals surface area (Å²) in [6, 6.07) is 6.94. The molecule has 5 nitrogen and oxygen atoms in total. The van der Waals surface area contributed by atoms with Gasteiger partial charge in [0.15, 0.2) is 0 Å². The molecule has 0 fully saturated rings. The minimum Gasteiger partial charge on any atom is -0.480 e. The van der Waals surface area contributed by atoms with Crippen LogP contribution in [0.4, 0.5) is 4.79 Å². The predicted octanol–water partition coefficient (Wildman–Crippen LogP) is 2.25. The number of carbonyl (C=O) groups is 2. The predicted molar refractivity (Wildman–Crippen MR) is 80.0 cm³/mol. The number of nitrogens with zero attached hydrogens (tertiary/aromatic N) is 1. The molecule has 0 radical (unpaired) electrons. The van der Waals surface area contributed by atoms with Crippen molar-refractivity contribution in [3.8, 4) is 0 Å². The average molecular weight is 290 g/mol. The third-order valence-corrected chi connectivity index (χ3v) is 3.85. The van der Waals surface area contributed by atoms with Crippen LogP contribution in [0.25, 0.3) is 0 Å². The zero-order valence-electron chi connectivity index (χ0n) is 12.5. The third kappa shape index (κ3) is 3.74. The Morgan fingerprint density at radius 3 is 2.52 bits per heavy atom. The molecule has 1 atom stereocenters. The highest BCUT2D eigenvalue weighted by Crippen LogP contribution is 2.18. The van der Waals surface area contributed by atoms with Crippen LogP contribution >= 0.6 is 0 Å². The minimum absolute atomic E-state index is 0.147. The molecule has 2 amide bonds. The first kappa shape index (κ1) is 15.4. The molecule has 2 N–H and O–H groups in total. The van der Waals surface area contributed by atoms with Crippen molar-refractivity contribution in [2.24, 2.45) is 5.92 Å². The van der Waals surface area contributed by atoms with Gasteiger partial charge in [0.05, 0.1) is 0 Å². The maximum absolute atomic E-state index is 12.3. The molecule has 1 aliphatic heterocycles. The van der Waals surface area contributed by atoms with Crippen LogP contribution in [0.1, 0.15) is 31.4 Å². The lowest BCUT2D eigenvalue weighted by atomic mass is 10.0. The van der Waals surface area contributed by atoms with Crippen molar-refractivity contribution >= 4 is 12.0 Å². The van der Waals surface area contributed by atoms with Crippen LogP contribution in [0, 0.1) is 5.92 Å².